The van der Waals surface area contributed by atoms with E-state index < -0.39 is 0 Å². The lowest BCUT2D eigenvalue weighted by atomic mass is 10.2. The number of carbonyl (C=O) groups is 1. The molecule has 1 fully saturated rings. The van der Waals surface area contributed by atoms with Crippen molar-refractivity contribution >= 4 is 17.3 Å². The molecule has 3 rings (SSSR count). The van der Waals surface area contributed by atoms with Crippen LogP contribution in [0, 0.1) is 11.8 Å². The summed E-state index contributed by atoms with van der Waals surface area (Å²) in [4.78, 5) is 16.7. The van der Waals surface area contributed by atoms with Crippen LogP contribution in [0.4, 0.5) is 0 Å². The number of aromatic nitrogens is 1. The van der Waals surface area contributed by atoms with E-state index in [1.54, 1.807) is 6.20 Å². The standard InChI is InChI=1S/C15H15NO2S/c1-10-7-12(10)9-18-15(17)13-8-16-14(19-13)11-5-3-2-4-6-11/h2-6,8,10,12H,7,9H2,1H3. The number of carbonyl (C=O) groups excluding carboxylic acids is 1. The largest absolute Gasteiger partial charge is 0.461 e. The zero-order chi connectivity index (χ0) is 13.2. The van der Waals surface area contributed by atoms with Gasteiger partial charge in [0.1, 0.15) is 9.88 Å². The van der Waals surface area contributed by atoms with Gasteiger partial charge in [0.25, 0.3) is 0 Å². The van der Waals surface area contributed by atoms with Crippen LogP contribution in [0.3, 0.4) is 0 Å². The van der Waals surface area contributed by atoms with E-state index >= 15 is 0 Å². The zero-order valence-corrected chi connectivity index (χ0v) is 11.5. The summed E-state index contributed by atoms with van der Waals surface area (Å²) in [6, 6.07) is 9.86. The van der Waals surface area contributed by atoms with Crippen LogP contribution in [0.5, 0.6) is 0 Å². The summed E-state index contributed by atoms with van der Waals surface area (Å²) in [6.07, 6.45) is 2.77. The first kappa shape index (κ1) is 12.4. The van der Waals surface area contributed by atoms with E-state index in [1.807, 2.05) is 30.3 Å². The van der Waals surface area contributed by atoms with Crippen LogP contribution < -0.4 is 0 Å². The van der Waals surface area contributed by atoms with E-state index in [9.17, 15) is 4.79 Å². The predicted molar refractivity (Wildman–Crippen MR) is 75.1 cm³/mol. The Hall–Kier alpha value is -1.68. The van der Waals surface area contributed by atoms with Crippen LogP contribution in [0.1, 0.15) is 23.0 Å². The van der Waals surface area contributed by atoms with Crippen LogP contribution >= 0.6 is 11.3 Å². The molecule has 4 heteroatoms. The molecule has 98 valence electrons. The highest BCUT2D eigenvalue weighted by atomic mass is 32.1. The van der Waals surface area contributed by atoms with Crippen molar-refractivity contribution in [2.75, 3.05) is 6.61 Å². The number of benzene rings is 1. The molecule has 0 saturated heterocycles. The monoisotopic (exact) mass is 273 g/mol. The molecule has 1 saturated carbocycles. The molecule has 0 spiro atoms. The van der Waals surface area contributed by atoms with Gasteiger partial charge in [-0.05, 0) is 18.3 Å². The third kappa shape index (κ3) is 2.84. The van der Waals surface area contributed by atoms with Gasteiger partial charge >= 0.3 is 5.97 Å². The summed E-state index contributed by atoms with van der Waals surface area (Å²) >= 11 is 1.38. The van der Waals surface area contributed by atoms with Gasteiger partial charge in [-0.25, -0.2) is 9.78 Å². The van der Waals surface area contributed by atoms with Gasteiger partial charge < -0.3 is 4.74 Å². The van der Waals surface area contributed by atoms with Crippen LogP contribution in [0.15, 0.2) is 36.5 Å². The zero-order valence-electron chi connectivity index (χ0n) is 10.7. The van der Waals surface area contributed by atoms with Gasteiger partial charge in [0.05, 0.1) is 12.8 Å². The SMILES string of the molecule is CC1CC1COC(=O)c1cnc(-c2ccccc2)s1. The third-order valence-corrected chi connectivity index (χ3v) is 4.46. The molecule has 0 N–H and O–H groups in total. The van der Waals surface area contributed by atoms with Crippen molar-refractivity contribution in [3.8, 4) is 10.6 Å². The molecule has 1 aromatic carbocycles. The Labute approximate surface area is 116 Å². The number of rotatable bonds is 4. The quantitative estimate of drug-likeness (QED) is 0.799. The third-order valence-electron chi connectivity index (χ3n) is 3.43. The van der Waals surface area contributed by atoms with Crippen LogP contribution in [0.25, 0.3) is 10.6 Å². The number of esters is 1. The highest BCUT2D eigenvalue weighted by Gasteiger charge is 2.33. The number of nitrogens with zero attached hydrogens (tertiary/aromatic N) is 1. The summed E-state index contributed by atoms with van der Waals surface area (Å²) in [5.41, 5.74) is 1.03. The van der Waals surface area contributed by atoms with Gasteiger partial charge in [0.15, 0.2) is 0 Å². The fraction of sp³-hybridized carbons (Fsp3) is 0.333. The number of thiazole rings is 1. The molecular formula is C15H15NO2S. The summed E-state index contributed by atoms with van der Waals surface area (Å²) in [7, 11) is 0. The highest BCUT2D eigenvalue weighted by molar-refractivity contribution is 7.16. The topological polar surface area (TPSA) is 39.2 Å². The molecule has 3 nitrogen and oxygen atoms in total. The van der Waals surface area contributed by atoms with E-state index in [-0.39, 0.29) is 5.97 Å². The van der Waals surface area contributed by atoms with Gasteiger partial charge in [0, 0.05) is 5.56 Å². The number of ether oxygens (including phenoxy) is 1. The van der Waals surface area contributed by atoms with Crippen LogP contribution in [-0.2, 0) is 4.74 Å². The van der Waals surface area contributed by atoms with Crippen molar-refractivity contribution in [2.45, 2.75) is 13.3 Å². The molecule has 1 aliphatic carbocycles. The predicted octanol–water partition coefficient (Wildman–Crippen LogP) is 3.62. The summed E-state index contributed by atoms with van der Waals surface area (Å²) in [5, 5.41) is 0.854. The minimum atomic E-state index is -0.251. The molecule has 1 aromatic heterocycles. The van der Waals surface area contributed by atoms with E-state index in [4.69, 9.17) is 4.74 Å². The maximum Gasteiger partial charge on any atom is 0.349 e. The second kappa shape index (κ2) is 5.13. The minimum absolute atomic E-state index is 0.251. The van der Waals surface area contributed by atoms with Crippen LogP contribution in [0.2, 0.25) is 0 Å². The van der Waals surface area contributed by atoms with Gasteiger partial charge in [-0.15, -0.1) is 11.3 Å². The van der Waals surface area contributed by atoms with E-state index in [0.29, 0.717) is 23.3 Å². The van der Waals surface area contributed by atoms with Crippen molar-refractivity contribution in [3.63, 3.8) is 0 Å². The molecule has 0 amide bonds. The van der Waals surface area contributed by atoms with Crippen molar-refractivity contribution in [1.29, 1.82) is 0 Å². The summed E-state index contributed by atoms with van der Waals surface area (Å²) < 4.78 is 5.30. The summed E-state index contributed by atoms with van der Waals surface area (Å²) in [5.74, 6) is 1.01. The highest BCUT2D eigenvalue weighted by Crippen LogP contribution is 2.38. The molecule has 1 heterocycles. The van der Waals surface area contributed by atoms with Gasteiger partial charge in [-0.3, -0.25) is 0 Å². The van der Waals surface area contributed by atoms with Crippen LogP contribution in [-0.4, -0.2) is 17.6 Å². The van der Waals surface area contributed by atoms with Crippen molar-refractivity contribution in [3.05, 3.63) is 41.4 Å². The normalized spacial score (nSPS) is 21.1. The second-order valence-electron chi connectivity index (χ2n) is 4.97. The Morgan fingerprint density at radius 3 is 2.84 bits per heavy atom. The smallest absolute Gasteiger partial charge is 0.349 e. The van der Waals surface area contributed by atoms with E-state index in [0.717, 1.165) is 10.6 Å². The van der Waals surface area contributed by atoms with Crippen molar-refractivity contribution in [1.82, 2.24) is 4.98 Å². The first-order chi connectivity index (χ1) is 9.24. The Morgan fingerprint density at radius 2 is 2.16 bits per heavy atom. The molecule has 2 atom stereocenters. The molecule has 2 unspecified atom stereocenters. The van der Waals surface area contributed by atoms with Crippen molar-refractivity contribution < 1.29 is 9.53 Å². The maximum atomic E-state index is 11.9. The average molecular weight is 273 g/mol. The molecule has 0 bridgehead atoms. The molecule has 2 aromatic rings. The van der Waals surface area contributed by atoms with E-state index in [2.05, 4.69) is 11.9 Å². The van der Waals surface area contributed by atoms with Crippen molar-refractivity contribution in [2.24, 2.45) is 11.8 Å². The second-order valence-corrected chi connectivity index (χ2v) is 6.00. The molecule has 19 heavy (non-hydrogen) atoms. The molecule has 0 aliphatic heterocycles. The Bertz CT molecular complexity index is 579. The Balaban J connectivity index is 1.65. The van der Waals surface area contributed by atoms with E-state index in [1.165, 1.54) is 17.8 Å². The molecular weight excluding hydrogens is 258 g/mol. The lowest BCUT2D eigenvalue weighted by molar-refractivity contribution is 0.0487. The van der Waals surface area contributed by atoms with Gasteiger partial charge in [-0.1, -0.05) is 37.3 Å². The maximum absolute atomic E-state index is 11.9. The Morgan fingerprint density at radius 1 is 1.42 bits per heavy atom. The van der Waals surface area contributed by atoms with Gasteiger partial charge in [-0.2, -0.15) is 0 Å². The number of hydrogen-bond acceptors (Lipinski definition) is 4. The first-order valence-electron chi connectivity index (χ1n) is 6.42. The molecule has 1 aliphatic rings. The minimum Gasteiger partial charge on any atom is -0.461 e. The fourth-order valence-corrected chi connectivity index (χ4v) is 2.78. The Kier molecular flexibility index (Phi) is 3.34. The average Bonchev–Trinajstić information content (AvgIpc) is 2.94. The number of hydrogen-bond donors (Lipinski definition) is 0. The lowest BCUT2D eigenvalue weighted by Gasteiger charge is -2.00. The summed E-state index contributed by atoms with van der Waals surface area (Å²) in [6.45, 7) is 2.72. The molecule has 0 radical (unpaired) electrons. The lowest BCUT2D eigenvalue weighted by Crippen LogP contribution is -2.06. The first-order valence-corrected chi connectivity index (χ1v) is 7.24. The fourth-order valence-electron chi connectivity index (χ4n) is 1.97. The van der Waals surface area contributed by atoms with Gasteiger partial charge in [0.2, 0.25) is 0 Å².